The van der Waals surface area contributed by atoms with Crippen molar-refractivity contribution in [1.29, 1.82) is 0 Å². The second kappa shape index (κ2) is 6.53. The molecule has 0 aromatic heterocycles. The maximum atomic E-state index is 6.58. The molecule has 0 bridgehead atoms. The van der Waals surface area contributed by atoms with Gasteiger partial charge in [0.05, 0.1) is 12.5 Å². The third kappa shape index (κ3) is 4.01. The summed E-state index contributed by atoms with van der Waals surface area (Å²) in [6, 6.07) is 16.6. The molecule has 0 N–H and O–H groups in total. The molecule has 2 aromatic rings. The molecule has 0 saturated heterocycles. The molecule has 0 amide bonds. The number of rotatable bonds is 4. The Hall–Kier alpha value is -1.47. The van der Waals surface area contributed by atoms with Crippen LogP contribution < -0.4 is 4.74 Å². The lowest BCUT2D eigenvalue weighted by Gasteiger charge is -2.20. The second-order valence-corrected chi connectivity index (χ2v) is 6.88. The highest BCUT2D eigenvalue weighted by atomic mass is 35.5. The molecule has 2 aromatic carbocycles. The number of ether oxygens (including phenoxy) is 1. The van der Waals surface area contributed by atoms with Crippen molar-refractivity contribution in [3.63, 3.8) is 0 Å². The van der Waals surface area contributed by atoms with Crippen molar-refractivity contribution in [3.05, 3.63) is 65.2 Å². The molecular weight excluding hydrogens is 280 g/mol. The number of benzene rings is 2. The van der Waals surface area contributed by atoms with Gasteiger partial charge in [-0.25, -0.2) is 0 Å². The molecule has 1 unspecified atom stereocenters. The number of halogens is 1. The van der Waals surface area contributed by atoms with Crippen LogP contribution in [0.4, 0.5) is 0 Å². The summed E-state index contributed by atoms with van der Waals surface area (Å²) in [4.78, 5) is 0. The van der Waals surface area contributed by atoms with Crippen molar-refractivity contribution in [3.8, 4) is 5.75 Å². The molecule has 0 aliphatic carbocycles. The molecule has 0 radical (unpaired) electrons. The van der Waals surface area contributed by atoms with E-state index >= 15 is 0 Å². The smallest absolute Gasteiger partial charge is 0.122 e. The molecule has 21 heavy (non-hydrogen) atoms. The van der Waals surface area contributed by atoms with Gasteiger partial charge in [0.1, 0.15) is 5.75 Å². The van der Waals surface area contributed by atoms with Crippen molar-refractivity contribution in [1.82, 2.24) is 0 Å². The number of hydrogen-bond acceptors (Lipinski definition) is 1. The van der Waals surface area contributed by atoms with E-state index in [4.69, 9.17) is 16.3 Å². The minimum atomic E-state index is -0.0460. The van der Waals surface area contributed by atoms with Gasteiger partial charge < -0.3 is 4.74 Å². The summed E-state index contributed by atoms with van der Waals surface area (Å²) in [5, 5.41) is -0.0460. The Morgan fingerprint density at radius 2 is 1.62 bits per heavy atom. The number of alkyl halides is 1. The van der Waals surface area contributed by atoms with Crippen LogP contribution in [0.2, 0.25) is 0 Å². The van der Waals surface area contributed by atoms with Crippen molar-refractivity contribution in [2.24, 2.45) is 0 Å². The van der Waals surface area contributed by atoms with Gasteiger partial charge in [-0.2, -0.15) is 0 Å². The molecule has 2 heteroatoms. The van der Waals surface area contributed by atoms with E-state index in [0.29, 0.717) is 0 Å². The van der Waals surface area contributed by atoms with Gasteiger partial charge in [-0.05, 0) is 34.6 Å². The van der Waals surface area contributed by atoms with Gasteiger partial charge in [0.15, 0.2) is 0 Å². The van der Waals surface area contributed by atoms with Crippen LogP contribution in [0.1, 0.15) is 42.8 Å². The fraction of sp³-hybridized carbons (Fsp3) is 0.368. The van der Waals surface area contributed by atoms with E-state index in [0.717, 1.165) is 23.3 Å². The van der Waals surface area contributed by atoms with Crippen LogP contribution in [0.25, 0.3) is 0 Å². The lowest BCUT2D eigenvalue weighted by molar-refractivity contribution is 0.409. The van der Waals surface area contributed by atoms with Crippen LogP contribution in [0.15, 0.2) is 48.5 Å². The van der Waals surface area contributed by atoms with E-state index in [2.05, 4.69) is 51.1 Å². The number of para-hydroxylation sites is 1. The Labute approximate surface area is 132 Å². The van der Waals surface area contributed by atoms with Gasteiger partial charge in [0.25, 0.3) is 0 Å². The quantitative estimate of drug-likeness (QED) is 0.676. The fourth-order valence-electron chi connectivity index (χ4n) is 2.37. The lowest BCUT2D eigenvalue weighted by atomic mass is 9.86. The van der Waals surface area contributed by atoms with E-state index in [-0.39, 0.29) is 10.8 Å². The first-order chi connectivity index (χ1) is 9.91. The van der Waals surface area contributed by atoms with Crippen molar-refractivity contribution in [2.45, 2.75) is 38.0 Å². The maximum absolute atomic E-state index is 6.58. The van der Waals surface area contributed by atoms with Crippen LogP contribution in [0.3, 0.4) is 0 Å². The normalized spacial score (nSPS) is 13.0. The van der Waals surface area contributed by atoms with E-state index in [1.54, 1.807) is 7.11 Å². The maximum Gasteiger partial charge on any atom is 0.122 e. The zero-order valence-electron chi connectivity index (χ0n) is 13.2. The molecule has 0 spiro atoms. The average molecular weight is 303 g/mol. The number of hydrogen-bond donors (Lipinski definition) is 0. The number of methoxy groups -OCH3 is 1. The average Bonchev–Trinajstić information content (AvgIpc) is 2.47. The predicted octanol–water partition coefficient (Wildman–Crippen LogP) is 5.52. The van der Waals surface area contributed by atoms with Gasteiger partial charge in [-0.3, -0.25) is 0 Å². The molecule has 1 nitrogen and oxygen atoms in total. The summed E-state index contributed by atoms with van der Waals surface area (Å²) < 4.78 is 5.39. The highest BCUT2D eigenvalue weighted by Crippen LogP contribution is 2.31. The molecule has 0 aliphatic rings. The summed E-state index contributed by atoms with van der Waals surface area (Å²) in [6.07, 6.45) is 0.764. The first-order valence-electron chi connectivity index (χ1n) is 7.28. The van der Waals surface area contributed by atoms with Crippen molar-refractivity contribution in [2.75, 3.05) is 7.11 Å². The fourth-order valence-corrected chi connectivity index (χ4v) is 2.69. The first-order valence-corrected chi connectivity index (χ1v) is 7.72. The van der Waals surface area contributed by atoms with E-state index in [1.807, 2.05) is 18.2 Å². The monoisotopic (exact) mass is 302 g/mol. The van der Waals surface area contributed by atoms with Crippen LogP contribution in [-0.2, 0) is 11.8 Å². The Balaban J connectivity index is 2.15. The Bertz CT molecular complexity index is 581. The van der Waals surface area contributed by atoms with Crippen LogP contribution in [0, 0.1) is 0 Å². The Morgan fingerprint density at radius 3 is 2.19 bits per heavy atom. The van der Waals surface area contributed by atoms with E-state index in [1.165, 1.54) is 5.56 Å². The molecule has 0 heterocycles. The predicted molar refractivity (Wildman–Crippen MR) is 90.4 cm³/mol. The van der Waals surface area contributed by atoms with Crippen molar-refractivity contribution < 1.29 is 4.74 Å². The van der Waals surface area contributed by atoms with Gasteiger partial charge in [-0.15, -0.1) is 11.6 Å². The summed E-state index contributed by atoms with van der Waals surface area (Å²) in [7, 11) is 1.69. The van der Waals surface area contributed by atoms with E-state index in [9.17, 15) is 0 Å². The topological polar surface area (TPSA) is 9.23 Å². The van der Waals surface area contributed by atoms with Crippen LogP contribution >= 0.6 is 11.6 Å². The highest BCUT2D eigenvalue weighted by molar-refractivity contribution is 6.20. The highest BCUT2D eigenvalue weighted by Gasteiger charge is 2.15. The second-order valence-electron chi connectivity index (χ2n) is 6.36. The SMILES string of the molecule is COc1ccccc1CC(Cl)c1ccc(C(C)(C)C)cc1. The van der Waals surface area contributed by atoms with Gasteiger partial charge >= 0.3 is 0 Å². The third-order valence-electron chi connectivity index (χ3n) is 3.73. The lowest BCUT2D eigenvalue weighted by Crippen LogP contribution is -2.11. The third-order valence-corrected chi connectivity index (χ3v) is 4.14. The molecule has 112 valence electrons. The minimum absolute atomic E-state index is 0.0460. The molecule has 0 saturated carbocycles. The van der Waals surface area contributed by atoms with Crippen LogP contribution in [-0.4, -0.2) is 7.11 Å². The zero-order chi connectivity index (χ0) is 15.5. The van der Waals surface area contributed by atoms with E-state index < -0.39 is 0 Å². The summed E-state index contributed by atoms with van der Waals surface area (Å²) in [5.41, 5.74) is 3.78. The Kier molecular flexibility index (Phi) is 4.95. The molecule has 0 aliphatic heterocycles. The molecule has 1 atom stereocenters. The molecule has 2 rings (SSSR count). The Morgan fingerprint density at radius 1 is 1.00 bits per heavy atom. The zero-order valence-corrected chi connectivity index (χ0v) is 13.9. The minimum Gasteiger partial charge on any atom is -0.496 e. The van der Waals surface area contributed by atoms with Crippen LogP contribution in [0.5, 0.6) is 5.75 Å². The van der Waals surface area contributed by atoms with Gasteiger partial charge in [0.2, 0.25) is 0 Å². The largest absolute Gasteiger partial charge is 0.496 e. The summed E-state index contributed by atoms with van der Waals surface area (Å²) in [5.74, 6) is 0.898. The van der Waals surface area contributed by atoms with Gasteiger partial charge in [0, 0.05) is 0 Å². The summed E-state index contributed by atoms with van der Waals surface area (Å²) in [6.45, 7) is 6.65. The molecular formula is C19H23ClO. The standard InChI is InChI=1S/C19H23ClO/c1-19(2,3)16-11-9-14(10-12-16)17(20)13-15-7-5-6-8-18(15)21-4/h5-12,17H,13H2,1-4H3. The van der Waals surface area contributed by atoms with Crippen molar-refractivity contribution >= 4 is 11.6 Å². The van der Waals surface area contributed by atoms with Gasteiger partial charge in [-0.1, -0.05) is 63.2 Å². The summed E-state index contributed by atoms with van der Waals surface area (Å²) >= 11 is 6.58. The molecule has 0 fully saturated rings. The first kappa shape index (κ1) is 15.9.